The summed E-state index contributed by atoms with van der Waals surface area (Å²) in [5, 5.41) is 0. The van der Waals surface area contributed by atoms with Gasteiger partial charge in [-0.3, -0.25) is 0 Å². The van der Waals surface area contributed by atoms with Crippen LogP contribution in [0.3, 0.4) is 0 Å². The van der Waals surface area contributed by atoms with E-state index in [2.05, 4.69) is 13.8 Å². The van der Waals surface area contributed by atoms with Crippen LogP contribution in [0.2, 0.25) is 0 Å². The third-order valence-electron chi connectivity index (χ3n) is 5.40. The van der Waals surface area contributed by atoms with E-state index in [1.807, 2.05) is 0 Å². The molecule has 0 aromatic carbocycles. The normalized spacial score (nSPS) is 11.6. The molecular formula is C24H51O3P. The van der Waals surface area contributed by atoms with E-state index in [-0.39, 0.29) is 0 Å². The second kappa shape index (κ2) is 25.3. The zero-order valence-electron chi connectivity index (χ0n) is 19.3. The van der Waals surface area contributed by atoms with E-state index in [1.165, 1.54) is 116 Å². The van der Waals surface area contributed by atoms with Gasteiger partial charge in [0.05, 0.1) is 13.2 Å². The molecule has 0 rings (SSSR count). The zero-order valence-corrected chi connectivity index (χ0v) is 20.2. The Bertz CT molecular complexity index is 251. The fourth-order valence-electron chi connectivity index (χ4n) is 3.50. The summed E-state index contributed by atoms with van der Waals surface area (Å²) in [6.07, 6.45) is 26.4. The van der Waals surface area contributed by atoms with Crippen molar-refractivity contribution in [3.8, 4) is 0 Å². The molecule has 0 aromatic heterocycles. The van der Waals surface area contributed by atoms with Crippen LogP contribution in [0, 0.1) is 0 Å². The molecule has 0 heterocycles. The van der Waals surface area contributed by atoms with E-state index in [0.29, 0.717) is 13.2 Å². The summed E-state index contributed by atoms with van der Waals surface area (Å²) in [6, 6.07) is 0. The SMILES string of the molecule is CCCCCCCCCCCCOP(O)OCCCCCCCCCCCC. The van der Waals surface area contributed by atoms with Crippen LogP contribution in [0.1, 0.15) is 142 Å². The minimum atomic E-state index is -1.65. The van der Waals surface area contributed by atoms with Crippen molar-refractivity contribution in [3.05, 3.63) is 0 Å². The van der Waals surface area contributed by atoms with Crippen LogP contribution in [0.25, 0.3) is 0 Å². The molecule has 1 N–H and O–H groups in total. The average Bonchev–Trinajstić information content (AvgIpc) is 2.70. The number of hydrogen-bond acceptors (Lipinski definition) is 3. The standard InChI is InChI=1S/C24H51O3P/c1-3-5-7-9-11-13-15-17-19-21-23-26-28(25)27-24-22-20-18-16-14-12-10-8-6-4-2/h25H,3-24H2,1-2H3. The van der Waals surface area contributed by atoms with Crippen molar-refractivity contribution in [2.45, 2.75) is 142 Å². The quantitative estimate of drug-likeness (QED) is 0.125. The summed E-state index contributed by atoms with van der Waals surface area (Å²) >= 11 is 0. The Morgan fingerprint density at radius 1 is 0.429 bits per heavy atom. The van der Waals surface area contributed by atoms with Gasteiger partial charge in [-0.1, -0.05) is 129 Å². The smallest absolute Gasteiger partial charge is 0.328 e. The minimum Gasteiger partial charge on any atom is -0.328 e. The van der Waals surface area contributed by atoms with Gasteiger partial charge in [-0.05, 0) is 12.8 Å². The predicted octanol–water partition coefficient (Wildman–Crippen LogP) is 9.08. The van der Waals surface area contributed by atoms with Crippen molar-refractivity contribution < 1.29 is 13.9 Å². The van der Waals surface area contributed by atoms with Crippen LogP contribution in [-0.2, 0) is 9.05 Å². The molecule has 0 aliphatic carbocycles. The largest absolute Gasteiger partial charge is 0.329 e. The van der Waals surface area contributed by atoms with Crippen molar-refractivity contribution in [2.75, 3.05) is 13.2 Å². The van der Waals surface area contributed by atoms with Gasteiger partial charge in [-0.2, -0.15) is 0 Å². The van der Waals surface area contributed by atoms with Gasteiger partial charge in [0, 0.05) is 0 Å². The highest BCUT2D eigenvalue weighted by molar-refractivity contribution is 7.40. The first kappa shape index (κ1) is 28.3. The summed E-state index contributed by atoms with van der Waals surface area (Å²) in [5.74, 6) is 0. The number of rotatable bonds is 24. The maximum absolute atomic E-state index is 9.76. The minimum absolute atomic E-state index is 0.636. The molecule has 3 nitrogen and oxygen atoms in total. The van der Waals surface area contributed by atoms with E-state index in [9.17, 15) is 4.89 Å². The molecule has 4 heteroatoms. The summed E-state index contributed by atoms with van der Waals surface area (Å²) in [4.78, 5) is 9.76. The molecule has 0 aromatic rings. The fraction of sp³-hybridized carbons (Fsp3) is 1.00. The van der Waals surface area contributed by atoms with Crippen LogP contribution in [0.15, 0.2) is 0 Å². The average molecular weight is 419 g/mol. The van der Waals surface area contributed by atoms with Crippen LogP contribution < -0.4 is 0 Å². The van der Waals surface area contributed by atoms with Gasteiger partial charge in [0.15, 0.2) is 0 Å². The highest BCUT2D eigenvalue weighted by atomic mass is 31.2. The van der Waals surface area contributed by atoms with Crippen molar-refractivity contribution in [2.24, 2.45) is 0 Å². The van der Waals surface area contributed by atoms with Gasteiger partial charge >= 0.3 is 8.60 Å². The Labute approximate surface area is 178 Å². The first-order chi connectivity index (χ1) is 13.8. The Kier molecular flexibility index (Phi) is 25.6. The van der Waals surface area contributed by atoms with Crippen molar-refractivity contribution in [1.29, 1.82) is 0 Å². The molecule has 0 fully saturated rings. The lowest BCUT2D eigenvalue weighted by molar-refractivity contribution is 0.193. The van der Waals surface area contributed by atoms with Crippen molar-refractivity contribution in [1.82, 2.24) is 0 Å². The van der Waals surface area contributed by atoms with Gasteiger partial charge in [-0.25, -0.2) is 0 Å². The number of hydrogen-bond donors (Lipinski definition) is 1. The molecule has 0 bridgehead atoms. The molecule has 0 aliphatic heterocycles. The lowest BCUT2D eigenvalue weighted by atomic mass is 10.1. The lowest BCUT2D eigenvalue weighted by Gasteiger charge is -2.10. The van der Waals surface area contributed by atoms with Crippen molar-refractivity contribution >= 4 is 8.60 Å². The van der Waals surface area contributed by atoms with E-state index < -0.39 is 8.60 Å². The molecule has 170 valence electrons. The molecule has 0 aliphatic rings. The predicted molar refractivity (Wildman–Crippen MR) is 125 cm³/mol. The lowest BCUT2D eigenvalue weighted by Crippen LogP contribution is -1.95. The molecule has 0 unspecified atom stereocenters. The molecule has 0 saturated heterocycles. The zero-order chi connectivity index (χ0) is 20.5. The van der Waals surface area contributed by atoms with Crippen LogP contribution in [0.4, 0.5) is 0 Å². The third-order valence-corrected chi connectivity index (χ3v) is 6.21. The maximum atomic E-state index is 9.76. The van der Waals surface area contributed by atoms with Gasteiger partial charge in [0.25, 0.3) is 0 Å². The first-order valence-corrected chi connectivity index (χ1v) is 13.7. The Hall–Kier alpha value is 0.310. The van der Waals surface area contributed by atoms with Gasteiger partial charge in [-0.15, -0.1) is 0 Å². The molecule has 0 amide bonds. The molecule has 0 radical (unpaired) electrons. The second-order valence-corrected chi connectivity index (χ2v) is 9.26. The number of unbranched alkanes of at least 4 members (excludes halogenated alkanes) is 18. The summed E-state index contributed by atoms with van der Waals surface area (Å²) < 4.78 is 10.8. The summed E-state index contributed by atoms with van der Waals surface area (Å²) in [5.41, 5.74) is 0. The van der Waals surface area contributed by atoms with Crippen LogP contribution in [-0.4, -0.2) is 18.1 Å². The topological polar surface area (TPSA) is 38.7 Å². The Morgan fingerprint density at radius 2 is 0.679 bits per heavy atom. The Balaban J connectivity index is 3.12. The van der Waals surface area contributed by atoms with Gasteiger partial charge in [0.2, 0.25) is 0 Å². The van der Waals surface area contributed by atoms with Crippen LogP contribution >= 0.6 is 8.60 Å². The van der Waals surface area contributed by atoms with Crippen molar-refractivity contribution in [3.63, 3.8) is 0 Å². The third kappa shape index (κ3) is 24.3. The molecular weight excluding hydrogens is 367 g/mol. The van der Waals surface area contributed by atoms with Gasteiger partial charge < -0.3 is 13.9 Å². The van der Waals surface area contributed by atoms with E-state index >= 15 is 0 Å². The monoisotopic (exact) mass is 418 g/mol. The molecule has 28 heavy (non-hydrogen) atoms. The second-order valence-electron chi connectivity index (χ2n) is 8.27. The van der Waals surface area contributed by atoms with E-state index in [0.717, 1.165) is 12.8 Å². The van der Waals surface area contributed by atoms with Crippen LogP contribution in [0.5, 0.6) is 0 Å². The summed E-state index contributed by atoms with van der Waals surface area (Å²) in [7, 11) is -1.65. The summed E-state index contributed by atoms with van der Waals surface area (Å²) in [6.45, 7) is 5.81. The molecule has 0 spiro atoms. The van der Waals surface area contributed by atoms with Gasteiger partial charge in [0.1, 0.15) is 0 Å². The van der Waals surface area contributed by atoms with E-state index in [4.69, 9.17) is 9.05 Å². The highest BCUT2D eigenvalue weighted by Gasteiger charge is 2.05. The van der Waals surface area contributed by atoms with E-state index in [1.54, 1.807) is 0 Å². The fourth-order valence-corrected chi connectivity index (χ4v) is 4.15. The maximum Gasteiger partial charge on any atom is 0.329 e. The first-order valence-electron chi connectivity index (χ1n) is 12.6. The Morgan fingerprint density at radius 3 is 0.964 bits per heavy atom. The molecule has 0 saturated carbocycles. The highest BCUT2D eigenvalue weighted by Crippen LogP contribution is 2.33. The molecule has 0 atom stereocenters.